The summed E-state index contributed by atoms with van der Waals surface area (Å²) in [7, 11) is 4.14. The Bertz CT molecular complexity index is 297. The van der Waals surface area contributed by atoms with Crippen LogP contribution in [0, 0.1) is 0 Å². The molecule has 0 aromatic heterocycles. The summed E-state index contributed by atoms with van der Waals surface area (Å²) in [6.07, 6.45) is 8.51. The van der Waals surface area contributed by atoms with Gasteiger partial charge in [0.2, 0.25) is 5.71 Å². The molecular weight excluding hydrogens is 170 g/mol. The van der Waals surface area contributed by atoms with Crippen LogP contribution in [0.1, 0.15) is 27.7 Å². The van der Waals surface area contributed by atoms with E-state index in [1.165, 1.54) is 16.9 Å². The van der Waals surface area contributed by atoms with Crippen molar-refractivity contribution in [2.45, 2.75) is 27.7 Å². The Kier molecular flexibility index (Phi) is 5.86. The van der Waals surface area contributed by atoms with E-state index in [0.29, 0.717) is 0 Å². The highest BCUT2D eigenvalue weighted by atomic mass is 14.9. The highest BCUT2D eigenvalue weighted by Crippen LogP contribution is 2.11. The molecule has 0 radical (unpaired) electrons. The van der Waals surface area contributed by atoms with Crippen LogP contribution in [0.3, 0.4) is 0 Å². The highest BCUT2D eigenvalue weighted by Gasteiger charge is 2.11. The van der Waals surface area contributed by atoms with Gasteiger partial charge in [-0.2, -0.15) is 0 Å². The molecule has 78 valence electrons. The van der Waals surface area contributed by atoms with Crippen molar-refractivity contribution in [2.75, 3.05) is 14.1 Å². The Hall–Kier alpha value is -1.11. The van der Waals surface area contributed by atoms with Gasteiger partial charge in [0, 0.05) is 11.6 Å². The van der Waals surface area contributed by atoms with E-state index in [4.69, 9.17) is 0 Å². The van der Waals surface area contributed by atoms with Crippen LogP contribution in [0.4, 0.5) is 0 Å². The van der Waals surface area contributed by atoms with Gasteiger partial charge in [-0.05, 0) is 33.3 Å². The van der Waals surface area contributed by atoms with Crippen LogP contribution >= 0.6 is 0 Å². The summed E-state index contributed by atoms with van der Waals surface area (Å²) in [5.41, 5.74) is 3.87. The quantitative estimate of drug-likeness (QED) is 0.367. The minimum absolute atomic E-state index is 1.26. The summed E-state index contributed by atoms with van der Waals surface area (Å²) in [5.74, 6) is 0. The van der Waals surface area contributed by atoms with Gasteiger partial charge in [-0.15, -0.1) is 0 Å². The first kappa shape index (κ1) is 12.9. The molecule has 0 aliphatic carbocycles. The van der Waals surface area contributed by atoms with E-state index in [1.807, 2.05) is 6.92 Å². The summed E-state index contributed by atoms with van der Waals surface area (Å²) in [6.45, 7) is 8.33. The van der Waals surface area contributed by atoms with Crippen LogP contribution in [0.2, 0.25) is 0 Å². The molecular formula is C13H22N+. The van der Waals surface area contributed by atoms with Gasteiger partial charge >= 0.3 is 0 Å². The zero-order chi connectivity index (χ0) is 11.1. The molecule has 14 heavy (non-hydrogen) atoms. The third-order valence-electron chi connectivity index (χ3n) is 2.23. The van der Waals surface area contributed by atoms with E-state index in [-0.39, 0.29) is 0 Å². The Morgan fingerprint density at radius 1 is 1.00 bits per heavy atom. The summed E-state index contributed by atoms with van der Waals surface area (Å²) < 4.78 is 2.14. The molecule has 0 bridgehead atoms. The standard InChI is InChI=1S/C13H22N/c1-7-10-13(14(5)6)12(9-3)11(4)8-2/h7-10H,1-6H3/q+1. The van der Waals surface area contributed by atoms with Crippen molar-refractivity contribution >= 4 is 5.71 Å². The maximum atomic E-state index is 2.16. The monoisotopic (exact) mass is 192 g/mol. The van der Waals surface area contributed by atoms with Crippen LogP contribution < -0.4 is 0 Å². The second-order valence-electron chi connectivity index (χ2n) is 3.45. The van der Waals surface area contributed by atoms with E-state index in [0.717, 1.165) is 0 Å². The van der Waals surface area contributed by atoms with E-state index in [2.05, 4.69) is 63.7 Å². The van der Waals surface area contributed by atoms with Crippen molar-refractivity contribution in [3.05, 3.63) is 35.5 Å². The van der Waals surface area contributed by atoms with Crippen molar-refractivity contribution < 1.29 is 4.58 Å². The van der Waals surface area contributed by atoms with Gasteiger partial charge in [0.15, 0.2) is 0 Å². The summed E-state index contributed by atoms with van der Waals surface area (Å²) in [4.78, 5) is 0. The lowest BCUT2D eigenvalue weighted by atomic mass is 10.0. The summed E-state index contributed by atoms with van der Waals surface area (Å²) >= 11 is 0. The molecule has 0 amide bonds. The fraction of sp³-hybridized carbons (Fsp3) is 0.462. The number of allylic oxidation sites excluding steroid dienone is 6. The minimum Gasteiger partial charge on any atom is -0.235 e. The predicted octanol–water partition coefficient (Wildman–Crippen LogP) is 3.19. The number of nitrogens with zero attached hydrogens (tertiary/aromatic N) is 1. The maximum Gasteiger partial charge on any atom is 0.206 e. The van der Waals surface area contributed by atoms with Gasteiger partial charge < -0.3 is 0 Å². The van der Waals surface area contributed by atoms with Gasteiger partial charge in [0.1, 0.15) is 14.1 Å². The molecule has 0 unspecified atom stereocenters. The molecule has 0 aliphatic heterocycles. The van der Waals surface area contributed by atoms with E-state index in [1.54, 1.807) is 0 Å². The Morgan fingerprint density at radius 3 is 1.86 bits per heavy atom. The normalized spacial score (nSPS) is 13.6. The van der Waals surface area contributed by atoms with Crippen LogP contribution in [-0.2, 0) is 0 Å². The zero-order valence-electron chi connectivity index (χ0n) is 10.3. The van der Waals surface area contributed by atoms with Crippen molar-refractivity contribution in [1.29, 1.82) is 0 Å². The first-order valence-corrected chi connectivity index (χ1v) is 5.05. The molecule has 0 aromatic carbocycles. The number of hydrogen-bond acceptors (Lipinski definition) is 0. The average molecular weight is 192 g/mol. The second kappa shape index (κ2) is 6.36. The van der Waals surface area contributed by atoms with Crippen molar-refractivity contribution in [1.82, 2.24) is 0 Å². The lowest BCUT2D eigenvalue weighted by Crippen LogP contribution is -2.14. The van der Waals surface area contributed by atoms with Crippen molar-refractivity contribution in [2.24, 2.45) is 0 Å². The third kappa shape index (κ3) is 3.33. The second-order valence-corrected chi connectivity index (χ2v) is 3.45. The molecule has 0 atom stereocenters. The molecule has 0 spiro atoms. The van der Waals surface area contributed by atoms with Crippen LogP contribution in [0.15, 0.2) is 35.5 Å². The molecule has 0 heterocycles. The van der Waals surface area contributed by atoms with Gasteiger partial charge in [-0.1, -0.05) is 18.2 Å². The minimum atomic E-state index is 1.26. The Morgan fingerprint density at radius 2 is 1.57 bits per heavy atom. The molecule has 0 aromatic rings. The molecule has 0 saturated heterocycles. The van der Waals surface area contributed by atoms with Crippen molar-refractivity contribution in [3.8, 4) is 0 Å². The Balaban J connectivity index is 5.33. The fourth-order valence-electron chi connectivity index (χ4n) is 1.37. The smallest absolute Gasteiger partial charge is 0.206 e. The molecule has 0 saturated carbocycles. The largest absolute Gasteiger partial charge is 0.235 e. The summed E-state index contributed by atoms with van der Waals surface area (Å²) in [5, 5.41) is 0. The predicted molar refractivity (Wildman–Crippen MR) is 65.1 cm³/mol. The molecule has 0 rings (SSSR count). The lowest BCUT2D eigenvalue weighted by molar-refractivity contribution is -0.463. The first-order chi connectivity index (χ1) is 6.58. The third-order valence-corrected chi connectivity index (χ3v) is 2.23. The highest BCUT2D eigenvalue weighted by molar-refractivity contribution is 6.07. The average Bonchev–Trinajstić information content (AvgIpc) is 2.16. The van der Waals surface area contributed by atoms with Gasteiger partial charge in [0.25, 0.3) is 0 Å². The first-order valence-electron chi connectivity index (χ1n) is 5.05. The summed E-state index contributed by atoms with van der Waals surface area (Å²) in [6, 6.07) is 0. The SMILES string of the molecule is CC=CC(C(=CC)C(C)=CC)=[N+](C)C. The van der Waals surface area contributed by atoms with Crippen molar-refractivity contribution in [3.63, 3.8) is 0 Å². The van der Waals surface area contributed by atoms with E-state index < -0.39 is 0 Å². The number of rotatable bonds is 3. The Labute approximate surface area is 88.2 Å². The van der Waals surface area contributed by atoms with Gasteiger partial charge in [0.05, 0.1) is 0 Å². The molecule has 1 heteroatoms. The molecule has 0 aliphatic rings. The van der Waals surface area contributed by atoms with Crippen LogP contribution in [-0.4, -0.2) is 24.4 Å². The fourth-order valence-corrected chi connectivity index (χ4v) is 1.37. The van der Waals surface area contributed by atoms with Crippen LogP contribution in [0.25, 0.3) is 0 Å². The topological polar surface area (TPSA) is 3.01 Å². The molecule has 0 fully saturated rings. The van der Waals surface area contributed by atoms with Gasteiger partial charge in [-0.25, -0.2) is 4.58 Å². The zero-order valence-corrected chi connectivity index (χ0v) is 10.3. The molecule has 0 N–H and O–H groups in total. The van der Waals surface area contributed by atoms with E-state index >= 15 is 0 Å². The number of hydrogen-bond donors (Lipinski definition) is 0. The maximum absolute atomic E-state index is 2.16. The van der Waals surface area contributed by atoms with Crippen LogP contribution in [0.5, 0.6) is 0 Å². The lowest BCUT2D eigenvalue weighted by Gasteiger charge is -2.05. The molecule has 1 nitrogen and oxygen atoms in total. The van der Waals surface area contributed by atoms with E-state index in [9.17, 15) is 0 Å². The van der Waals surface area contributed by atoms with Gasteiger partial charge in [-0.3, -0.25) is 0 Å².